The van der Waals surface area contributed by atoms with Crippen LogP contribution in [0, 0.1) is 0 Å². The van der Waals surface area contributed by atoms with Crippen molar-refractivity contribution in [3.05, 3.63) is 59.1 Å². The monoisotopic (exact) mass is 360 g/mol. The van der Waals surface area contributed by atoms with Crippen molar-refractivity contribution < 1.29 is 14.3 Å². The van der Waals surface area contributed by atoms with Gasteiger partial charge in [-0.1, -0.05) is 29.8 Å². The topological polar surface area (TPSA) is 73.6 Å². The van der Waals surface area contributed by atoms with Crippen molar-refractivity contribution in [2.45, 2.75) is 25.0 Å². The Labute approximate surface area is 152 Å². The van der Waals surface area contributed by atoms with Crippen molar-refractivity contribution in [2.75, 3.05) is 18.5 Å². The van der Waals surface area contributed by atoms with E-state index in [9.17, 15) is 4.79 Å². The van der Waals surface area contributed by atoms with Crippen molar-refractivity contribution in [2.24, 2.45) is 5.73 Å². The molecule has 6 heteroatoms. The van der Waals surface area contributed by atoms with E-state index in [1.165, 1.54) is 0 Å². The van der Waals surface area contributed by atoms with Gasteiger partial charge in [-0.25, -0.2) is 0 Å². The molecule has 3 N–H and O–H groups in total. The van der Waals surface area contributed by atoms with Crippen molar-refractivity contribution in [3.63, 3.8) is 0 Å². The summed E-state index contributed by atoms with van der Waals surface area (Å²) < 4.78 is 11.0. The fraction of sp³-hybridized carbons (Fsp3) is 0.316. The fourth-order valence-electron chi connectivity index (χ4n) is 2.63. The van der Waals surface area contributed by atoms with Gasteiger partial charge in [-0.3, -0.25) is 4.79 Å². The van der Waals surface area contributed by atoms with Crippen LogP contribution in [-0.2, 0) is 16.1 Å². The first-order chi connectivity index (χ1) is 12.1. The number of halogens is 1. The number of ether oxygens (including phenoxy) is 2. The average Bonchev–Trinajstić information content (AvgIpc) is 2.63. The zero-order valence-corrected chi connectivity index (χ0v) is 14.6. The quantitative estimate of drug-likeness (QED) is 0.857. The molecule has 1 saturated heterocycles. The number of rotatable bonds is 5. The van der Waals surface area contributed by atoms with E-state index in [1.54, 1.807) is 24.3 Å². The van der Waals surface area contributed by atoms with E-state index in [4.69, 9.17) is 26.8 Å². The molecule has 0 atom stereocenters. The number of nitrogens with one attached hydrogen (secondary N) is 1. The Kier molecular flexibility index (Phi) is 5.58. The molecule has 5 nitrogen and oxygen atoms in total. The predicted molar refractivity (Wildman–Crippen MR) is 97.8 cm³/mol. The average molecular weight is 361 g/mol. The molecule has 2 aromatic carbocycles. The van der Waals surface area contributed by atoms with Gasteiger partial charge in [-0.05, 0) is 43.2 Å². The molecule has 0 bridgehead atoms. The highest BCUT2D eigenvalue weighted by atomic mass is 35.5. The van der Waals surface area contributed by atoms with Gasteiger partial charge in [0.25, 0.3) is 0 Å². The predicted octanol–water partition coefficient (Wildman–Crippen LogP) is 3.37. The Morgan fingerprint density at radius 2 is 1.84 bits per heavy atom. The summed E-state index contributed by atoms with van der Waals surface area (Å²) >= 11 is 6.11. The van der Waals surface area contributed by atoms with Crippen LogP contribution in [0.1, 0.15) is 18.4 Å². The maximum absolute atomic E-state index is 12.4. The van der Waals surface area contributed by atoms with Gasteiger partial charge < -0.3 is 20.5 Å². The van der Waals surface area contributed by atoms with E-state index in [2.05, 4.69) is 5.32 Å². The second-order valence-corrected chi connectivity index (χ2v) is 6.53. The van der Waals surface area contributed by atoms with Gasteiger partial charge in [0.15, 0.2) is 0 Å². The summed E-state index contributed by atoms with van der Waals surface area (Å²) in [6.07, 6.45) is 1.05. The largest absolute Gasteiger partial charge is 0.489 e. The molecule has 25 heavy (non-hydrogen) atoms. The lowest BCUT2D eigenvalue weighted by Gasteiger charge is -2.31. The molecule has 1 aliphatic heterocycles. The van der Waals surface area contributed by atoms with Crippen molar-refractivity contribution in [1.82, 2.24) is 0 Å². The van der Waals surface area contributed by atoms with E-state index in [0.717, 1.165) is 5.56 Å². The van der Waals surface area contributed by atoms with Crippen LogP contribution in [-0.4, -0.2) is 24.7 Å². The summed E-state index contributed by atoms with van der Waals surface area (Å²) in [5.41, 5.74) is 6.92. The summed E-state index contributed by atoms with van der Waals surface area (Å²) in [5.74, 6) is 0.520. The number of hydrogen-bond donors (Lipinski definition) is 2. The molecule has 0 aliphatic carbocycles. The standard InChI is InChI=1S/C19H21ClN2O3/c20-17-4-2-1-3-14(17)13-25-16-7-5-15(6-8-16)22-18(23)19(21)9-11-24-12-10-19/h1-8H,9-13,21H2,(H,22,23). The molecule has 3 rings (SSSR count). The molecule has 1 heterocycles. The van der Waals surface area contributed by atoms with E-state index in [-0.39, 0.29) is 5.91 Å². The first-order valence-corrected chi connectivity index (χ1v) is 8.59. The van der Waals surface area contributed by atoms with E-state index in [0.29, 0.717) is 49.1 Å². The van der Waals surface area contributed by atoms with Crippen LogP contribution in [0.5, 0.6) is 5.75 Å². The second-order valence-electron chi connectivity index (χ2n) is 6.13. The van der Waals surface area contributed by atoms with Crippen LogP contribution in [0.3, 0.4) is 0 Å². The molecule has 0 unspecified atom stereocenters. The second kappa shape index (κ2) is 7.87. The van der Waals surface area contributed by atoms with E-state index in [1.807, 2.05) is 24.3 Å². The van der Waals surface area contributed by atoms with Crippen LogP contribution in [0.25, 0.3) is 0 Å². The minimum absolute atomic E-state index is 0.180. The highest BCUT2D eigenvalue weighted by Crippen LogP contribution is 2.23. The lowest BCUT2D eigenvalue weighted by Crippen LogP contribution is -2.54. The summed E-state index contributed by atoms with van der Waals surface area (Å²) in [5, 5.41) is 3.54. The molecular weight excluding hydrogens is 340 g/mol. The van der Waals surface area contributed by atoms with Crippen molar-refractivity contribution in [1.29, 1.82) is 0 Å². The molecule has 1 fully saturated rings. The molecule has 0 aromatic heterocycles. The Bertz CT molecular complexity index is 728. The number of benzene rings is 2. The van der Waals surface area contributed by atoms with Gasteiger partial charge in [0.2, 0.25) is 5.91 Å². The smallest absolute Gasteiger partial charge is 0.244 e. The number of carbonyl (C=O) groups is 1. The van der Waals surface area contributed by atoms with Crippen LogP contribution >= 0.6 is 11.6 Å². The zero-order chi connectivity index (χ0) is 17.7. The lowest BCUT2D eigenvalue weighted by atomic mass is 9.90. The minimum atomic E-state index is -0.864. The molecular formula is C19H21ClN2O3. The summed E-state index contributed by atoms with van der Waals surface area (Å²) in [7, 11) is 0. The SMILES string of the molecule is NC1(C(=O)Nc2ccc(OCc3ccccc3Cl)cc2)CCOCC1. The molecule has 0 spiro atoms. The number of hydrogen-bond acceptors (Lipinski definition) is 4. The number of nitrogens with two attached hydrogens (primary N) is 1. The molecule has 1 aliphatic rings. The highest BCUT2D eigenvalue weighted by molar-refractivity contribution is 6.31. The first-order valence-electron chi connectivity index (χ1n) is 8.21. The Hall–Kier alpha value is -2.08. The number of amides is 1. The van der Waals surface area contributed by atoms with Gasteiger partial charge in [0, 0.05) is 29.5 Å². The number of anilines is 1. The van der Waals surface area contributed by atoms with Gasteiger partial charge in [-0.15, -0.1) is 0 Å². The van der Waals surface area contributed by atoms with E-state index < -0.39 is 5.54 Å². The lowest BCUT2D eigenvalue weighted by molar-refractivity contribution is -0.124. The van der Waals surface area contributed by atoms with Crippen molar-refractivity contribution in [3.8, 4) is 5.75 Å². The molecule has 0 saturated carbocycles. The molecule has 0 radical (unpaired) electrons. The van der Waals surface area contributed by atoms with Gasteiger partial charge >= 0.3 is 0 Å². The third kappa shape index (κ3) is 4.51. The normalized spacial score (nSPS) is 16.2. The molecule has 132 valence electrons. The summed E-state index contributed by atoms with van der Waals surface area (Å²) in [6.45, 7) is 1.41. The Morgan fingerprint density at radius 1 is 1.16 bits per heavy atom. The Morgan fingerprint density at radius 3 is 2.52 bits per heavy atom. The molecule has 2 aromatic rings. The summed E-state index contributed by atoms with van der Waals surface area (Å²) in [6, 6.07) is 14.8. The fourth-order valence-corrected chi connectivity index (χ4v) is 2.82. The van der Waals surface area contributed by atoms with Crippen LogP contribution < -0.4 is 15.8 Å². The van der Waals surface area contributed by atoms with Crippen LogP contribution in [0.2, 0.25) is 5.02 Å². The van der Waals surface area contributed by atoms with Crippen LogP contribution in [0.4, 0.5) is 5.69 Å². The molecule has 1 amide bonds. The van der Waals surface area contributed by atoms with Gasteiger partial charge in [0.1, 0.15) is 17.9 Å². The van der Waals surface area contributed by atoms with Crippen molar-refractivity contribution >= 4 is 23.2 Å². The number of carbonyl (C=O) groups excluding carboxylic acids is 1. The third-order valence-electron chi connectivity index (χ3n) is 4.30. The first kappa shape index (κ1) is 17.7. The summed E-state index contributed by atoms with van der Waals surface area (Å²) in [4.78, 5) is 12.4. The van der Waals surface area contributed by atoms with E-state index >= 15 is 0 Å². The van der Waals surface area contributed by atoms with Gasteiger partial charge in [0.05, 0.1) is 0 Å². The third-order valence-corrected chi connectivity index (χ3v) is 4.67. The minimum Gasteiger partial charge on any atom is -0.489 e. The van der Waals surface area contributed by atoms with Crippen LogP contribution in [0.15, 0.2) is 48.5 Å². The highest BCUT2D eigenvalue weighted by Gasteiger charge is 2.35. The maximum Gasteiger partial charge on any atom is 0.244 e. The Balaban J connectivity index is 1.57. The maximum atomic E-state index is 12.4. The zero-order valence-electron chi connectivity index (χ0n) is 13.8. The van der Waals surface area contributed by atoms with Gasteiger partial charge in [-0.2, -0.15) is 0 Å².